The summed E-state index contributed by atoms with van der Waals surface area (Å²) in [6.45, 7) is 8.36. The Morgan fingerprint density at radius 2 is 1.87 bits per heavy atom. The zero-order valence-electron chi connectivity index (χ0n) is 17.4. The van der Waals surface area contributed by atoms with E-state index in [1.54, 1.807) is 16.9 Å². The summed E-state index contributed by atoms with van der Waals surface area (Å²) in [7, 11) is 0. The molecule has 0 unspecified atom stereocenters. The molecule has 3 heterocycles. The van der Waals surface area contributed by atoms with Gasteiger partial charge < -0.3 is 9.80 Å². The Hall–Kier alpha value is -2.87. The molecule has 3 aromatic rings. The van der Waals surface area contributed by atoms with Crippen LogP contribution < -0.4 is 10.5 Å². The molecular weight excluding hydrogens is 404 g/mol. The molecular formula is C21H25ClN6O2. The van der Waals surface area contributed by atoms with Crippen LogP contribution in [0.15, 0.2) is 35.3 Å². The number of halogens is 1. The van der Waals surface area contributed by atoms with Gasteiger partial charge >= 0.3 is 0 Å². The first kappa shape index (κ1) is 20.4. The molecule has 1 N–H and O–H groups in total. The number of piperazine rings is 1. The van der Waals surface area contributed by atoms with Crippen LogP contribution >= 0.6 is 11.6 Å². The molecule has 1 aliphatic rings. The molecule has 158 valence electrons. The van der Waals surface area contributed by atoms with Crippen LogP contribution in [-0.4, -0.2) is 56.7 Å². The zero-order valence-corrected chi connectivity index (χ0v) is 18.1. The van der Waals surface area contributed by atoms with Crippen molar-refractivity contribution in [2.75, 3.05) is 31.1 Å². The van der Waals surface area contributed by atoms with Gasteiger partial charge in [0.2, 0.25) is 11.9 Å². The molecule has 0 bridgehead atoms. The van der Waals surface area contributed by atoms with Crippen molar-refractivity contribution in [3.05, 3.63) is 51.4 Å². The minimum Gasteiger partial charge on any atom is -0.339 e. The summed E-state index contributed by atoms with van der Waals surface area (Å²) >= 11 is 6.18. The second-order valence-corrected chi connectivity index (χ2v) is 8.90. The fourth-order valence-electron chi connectivity index (χ4n) is 3.63. The molecule has 1 amide bonds. The first-order chi connectivity index (χ1) is 14.2. The SMILES string of the molecule is CC(C)(C)n1ncc2c(=O)[nH]c(N3CCN(C(=O)Cc4ccccc4Cl)CC3)nc21. The smallest absolute Gasteiger partial charge is 0.263 e. The van der Waals surface area contributed by atoms with E-state index in [0.717, 1.165) is 5.56 Å². The first-order valence-corrected chi connectivity index (χ1v) is 10.4. The molecule has 8 nitrogen and oxygen atoms in total. The van der Waals surface area contributed by atoms with E-state index in [4.69, 9.17) is 11.6 Å². The van der Waals surface area contributed by atoms with Crippen LogP contribution in [0.4, 0.5) is 5.95 Å². The van der Waals surface area contributed by atoms with Crippen LogP contribution in [0.3, 0.4) is 0 Å². The fraction of sp³-hybridized carbons (Fsp3) is 0.429. The number of nitrogens with zero attached hydrogens (tertiary/aromatic N) is 5. The van der Waals surface area contributed by atoms with E-state index in [0.29, 0.717) is 48.2 Å². The van der Waals surface area contributed by atoms with Gasteiger partial charge in [-0.25, -0.2) is 4.68 Å². The maximum Gasteiger partial charge on any atom is 0.263 e. The maximum absolute atomic E-state index is 12.7. The maximum atomic E-state index is 12.7. The van der Waals surface area contributed by atoms with Crippen molar-refractivity contribution < 1.29 is 4.79 Å². The van der Waals surface area contributed by atoms with Gasteiger partial charge in [0, 0.05) is 31.2 Å². The van der Waals surface area contributed by atoms with Crippen LogP contribution in [0.2, 0.25) is 5.02 Å². The minimum atomic E-state index is -0.288. The summed E-state index contributed by atoms with van der Waals surface area (Å²) in [6, 6.07) is 7.40. The predicted octanol–water partition coefficient (Wildman–Crippen LogP) is 2.42. The van der Waals surface area contributed by atoms with Crippen LogP contribution in [0, 0.1) is 0 Å². The monoisotopic (exact) mass is 428 g/mol. The average molecular weight is 429 g/mol. The third kappa shape index (κ3) is 3.92. The number of fused-ring (bicyclic) bond motifs is 1. The molecule has 1 fully saturated rings. The quantitative estimate of drug-likeness (QED) is 0.692. The Morgan fingerprint density at radius 3 is 2.53 bits per heavy atom. The van der Waals surface area contributed by atoms with Gasteiger partial charge in [-0.3, -0.25) is 14.6 Å². The number of hydrogen-bond acceptors (Lipinski definition) is 5. The number of anilines is 1. The van der Waals surface area contributed by atoms with Crippen LogP contribution in [-0.2, 0) is 16.8 Å². The van der Waals surface area contributed by atoms with Crippen LogP contribution in [0.1, 0.15) is 26.3 Å². The lowest BCUT2D eigenvalue weighted by atomic mass is 10.1. The second kappa shape index (κ2) is 7.75. The third-order valence-electron chi connectivity index (χ3n) is 5.29. The van der Waals surface area contributed by atoms with E-state index < -0.39 is 0 Å². The largest absolute Gasteiger partial charge is 0.339 e. The molecule has 1 aromatic carbocycles. The van der Waals surface area contributed by atoms with E-state index in [9.17, 15) is 9.59 Å². The number of nitrogens with one attached hydrogen (secondary N) is 1. The summed E-state index contributed by atoms with van der Waals surface area (Å²) < 4.78 is 1.77. The minimum absolute atomic E-state index is 0.0467. The van der Waals surface area contributed by atoms with Crippen LogP contribution in [0.5, 0.6) is 0 Å². The van der Waals surface area contributed by atoms with Crippen molar-refractivity contribution in [3.8, 4) is 0 Å². The number of H-pyrrole nitrogens is 1. The number of aromatic amines is 1. The van der Waals surface area contributed by atoms with Gasteiger partial charge in [0.05, 0.1) is 18.2 Å². The highest BCUT2D eigenvalue weighted by molar-refractivity contribution is 6.31. The predicted molar refractivity (Wildman–Crippen MR) is 117 cm³/mol. The number of rotatable bonds is 3. The topological polar surface area (TPSA) is 87.1 Å². The highest BCUT2D eigenvalue weighted by Crippen LogP contribution is 2.21. The molecule has 0 spiro atoms. The van der Waals surface area contributed by atoms with Crippen LogP contribution in [0.25, 0.3) is 11.0 Å². The lowest BCUT2D eigenvalue weighted by Gasteiger charge is -2.35. The van der Waals surface area contributed by atoms with Crippen molar-refractivity contribution >= 4 is 34.5 Å². The normalized spacial score (nSPS) is 15.1. The Kier molecular flexibility index (Phi) is 5.27. The van der Waals surface area contributed by atoms with E-state index in [1.807, 2.05) is 48.8 Å². The van der Waals surface area contributed by atoms with Gasteiger partial charge in [0.15, 0.2) is 5.65 Å². The molecule has 2 aromatic heterocycles. The zero-order chi connectivity index (χ0) is 21.5. The third-order valence-corrected chi connectivity index (χ3v) is 5.66. The van der Waals surface area contributed by atoms with E-state index in [-0.39, 0.29) is 23.4 Å². The highest BCUT2D eigenvalue weighted by Gasteiger charge is 2.25. The van der Waals surface area contributed by atoms with Gasteiger partial charge in [-0.15, -0.1) is 0 Å². The Balaban J connectivity index is 1.49. The lowest BCUT2D eigenvalue weighted by Crippen LogP contribution is -2.50. The molecule has 0 radical (unpaired) electrons. The van der Waals surface area contributed by atoms with E-state index >= 15 is 0 Å². The Labute approximate surface area is 179 Å². The summed E-state index contributed by atoms with van der Waals surface area (Å²) in [6.07, 6.45) is 1.84. The van der Waals surface area contributed by atoms with Gasteiger partial charge in [-0.2, -0.15) is 10.1 Å². The van der Waals surface area contributed by atoms with E-state index in [2.05, 4.69) is 15.1 Å². The molecule has 30 heavy (non-hydrogen) atoms. The second-order valence-electron chi connectivity index (χ2n) is 8.49. The van der Waals surface area contributed by atoms with Crippen molar-refractivity contribution in [3.63, 3.8) is 0 Å². The number of amides is 1. The number of aromatic nitrogens is 4. The summed E-state index contributed by atoms with van der Waals surface area (Å²) in [5.74, 6) is 0.558. The van der Waals surface area contributed by atoms with Crippen molar-refractivity contribution in [1.29, 1.82) is 0 Å². The molecule has 4 rings (SSSR count). The summed E-state index contributed by atoms with van der Waals surface area (Å²) in [5.41, 5.74) is 0.906. The van der Waals surface area contributed by atoms with Crippen molar-refractivity contribution in [1.82, 2.24) is 24.6 Å². The molecule has 0 aliphatic carbocycles. The Morgan fingerprint density at radius 1 is 1.17 bits per heavy atom. The summed E-state index contributed by atoms with van der Waals surface area (Å²) in [4.78, 5) is 36.6. The molecule has 1 aliphatic heterocycles. The average Bonchev–Trinajstić information content (AvgIpc) is 3.15. The van der Waals surface area contributed by atoms with Crippen molar-refractivity contribution in [2.45, 2.75) is 32.7 Å². The van der Waals surface area contributed by atoms with Gasteiger partial charge in [-0.05, 0) is 32.4 Å². The Bertz CT molecular complexity index is 1140. The summed E-state index contributed by atoms with van der Waals surface area (Å²) in [5, 5.41) is 5.43. The number of benzene rings is 1. The highest BCUT2D eigenvalue weighted by atomic mass is 35.5. The number of carbonyl (C=O) groups is 1. The first-order valence-electron chi connectivity index (χ1n) is 9.99. The van der Waals surface area contributed by atoms with Gasteiger partial charge in [0.25, 0.3) is 5.56 Å². The molecule has 0 saturated carbocycles. The lowest BCUT2D eigenvalue weighted by molar-refractivity contribution is -0.130. The van der Waals surface area contributed by atoms with Gasteiger partial charge in [-0.1, -0.05) is 29.8 Å². The number of hydrogen-bond donors (Lipinski definition) is 1. The molecule has 1 saturated heterocycles. The molecule has 0 atom stereocenters. The molecule has 9 heteroatoms. The van der Waals surface area contributed by atoms with Gasteiger partial charge in [0.1, 0.15) is 5.39 Å². The standard InChI is InChI=1S/C21H25ClN6O2/c1-21(2,3)28-18-15(13-23-28)19(30)25-20(24-18)27-10-8-26(9-11-27)17(29)12-14-6-4-5-7-16(14)22/h4-7,13H,8-12H2,1-3H3,(H,24,25,30). The number of carbonyl (C=O) groups excluding carboxylic acids is 1. The van der Waals surface area contributed by atoms with Crippen molar-refractivity contribution in [2.24, 2.45) is 0 Å². The van der Waals surface area contributed by atoms with E-state index in [1.165, 1.54) is 0 Å². The fourth-order valence-corrected chi connectivity index (χ4v) is 3.83.